The molecule has 0 fully saturated rings. The van der Waals surface area contributed by atoms with Gasteiger partial charge in [-0.15, -0.1) is 0 Å². The van der Waals surface area contributed by atoms with Gasteiger partial charge in [-0.1, -0.05) is 153 Å². The first kappa shape index (κ1) is 40.6. The van der Waals surface area contributed by atoms with E-state index < -0.39 is 12.1 Å². The van der Waals surface area contributed by atoms with Crippen LogP contribution in [0.5, 0.6) is 0 Å². The molecule has 0 aliphatic rings. The lowest BCUT2D eigenvalue weighted by atomic mass is 10.1. The largest absolute Gasteiger partial charge is 0.394 e. The average molecular weight is 590 g/mol. The van der Waals surface area contributed by atoms with Crippen LogP contribution in [0.25, 0.3) is 0 Å². The van der Waals surface area contributed by atoms with Gasteiger partial charge in [0, 0.05) is 6.42 Å². The molecule has 0 rings (SSSR count). The SMILES string of the molecule is CCCCCCCC/C=C/CCCCCCCCCC(=O)N[C@@H](CO)[C@H](O)/C=C/CC/C=C/CCCCCCCCC. The number of carbonyl (C=O) groups is 1. The van der Waals surface area contributed by atoms with Gasteiger partial charge in [0.05, 0.1) is 18.8 Å². The summed E-state index contributed by atoms with van der Waals surface area (Å²) in [7, 11) is 0. The maximum atomic E-state index is 12.3. The van der Waals surface area contributed by atoms with E-state index in [2.05, 4.69) is 43.5 Å². The summed E-state index contributed by atoms with van der Waals surface area (Å²) < 4.78 is 0. The standard InChI is InChI=1S/C38H71NO3/c1-3-5-7-9-11-13-15-17-18-19-20-22-24-26-28-30-32-34-38(42)39-36(35-40)37(41)33-31-29-27-25-23-21-16-14-12-10-8-6-4-2/h17-18,23,25,31,33,36-37,40-41H,3-16,19-22,24,26-30,32,34-35H2,1-2H3,(H,39,42)/b18-17+,25-23+,33-31+/t36-,37+/m0/s1. The van der Waals surface area contributed by atoms with E-state index in [4.69, 9.17) is 0 Å². The second-order valence-corrected chi connectivity index (χ2v) is 12.3. The number of aliphatic hydroxyl groups excluding tert-OH is 2. The molecule has 0 aliphatic carbocycles. The summed E-state index contributed by atoms with van der Waals surface area (Å²) in [5, 5.41) is 22.8. The Labute approximate surface area is 261 Å². The third-order valence-corrected chi connectivity index (χ3v) is 8.10. The highest BCUT2D eigenvalue weighted by Crippen LogP contribution is 2.12. The number of aliphatic hydroxyl groups is 2. The number of nitrogens with one attached hydrogen (secondary N) is 1. The number of amides is 1. The summed E-state index contributed by atoms with van der Waals surface area (Å²) in [6, 6.07) is -0.638. The van der Waals surface area contributed by atoms with Crippen molar-refractivity contribution in [2.24, 2.45) is 0 Å². The van der Waals surface area contributed by atoms with Crippen LogP contribution in [0.2, 0.25) is 0 Å². The van der Waals surface area contributed by atoms with Crippen LogP contribution < -0.4 is 5.32 Å². The minimum absolute atomic E-state index is 0.0810. The Kier molecular flexibility index (Phi) is 33.0. The summed E-state index contributed by atoms with van der Waals surface area (Å²) in [5.74, 6) is -0.0810. The molecule has 0 radical (unpaired) electrons. The Morgan fingerprint density at radius 1 is 0.548 bits per heavy atom. The smallest absolute Gasteiger partial charge is 0.220 e. The van der Waals surface area contributed by atoms with E-state index in [1.165, 1.54) is 128 Å². The van der Waals surface area contributed by atoms with E-state index in [0.717, 1.165) is 32.1 Å². The van der Waals surface area contributed by atoms with Crippen LogP contribution in [0.15, 0.2) is 36.5 Å². The van der Waals surface area contributed by atoms with Gasteiger partial charge in [0.1, 0.15) is 0 Å². The van der Waals surface area contributed by atoms with E-state index in [9.17, 15) is 15.0 Å². The van der Waals surface area contributed by atoms with E-state index in [-0.39, 0.29) is 12.5 Å². The molecule has 2 atom stereocenters. The lowest BCUT2D eigenvalue weighted by Crippen LogP contribution is -2.45. The molecular weight excluding hydrogens is 518 g/mol. The van der Waals surface area contributed by atoms with Crippen molar-refractivity contribution in [3.05, 3.63) is 36.5 Å². The molecule has 4 nitrogen and oxygen atoms in total. The second kappa shape index (κ2) is 34.1. The molecule has 0 aromatic carbocycles. The van der Waals surface area contributed by atoms with Crippen LogP contribution in [-0.2, 0) is 4.79 Å². The van der Waals surface area contributed by atoms with Gasteiger partial charge in [0.25, 0.3) is 0 Å². The fourth-order valence-electron chi connectivity index (χ4n) is 5.25. The lowest BCUT2D eigenvalue weighted by Gasteiger charge is -2.19. The Bertz CT molecular complexity index is 642. The normalized spacial score (nSPS) is 13.5. The number of allylic oxidation sites excluding steroid dienone is 5. The molecule has 4 heteroatoms. The molecule has 3 N–H and O–H groups in total. The van der Waals surface area contributed by atoms with Crippen molar-refractivity contribution in [2.75, 3.05) is 6.61 Å². The van der Waals surface area contributed by atoms with Crippen LogP contribution in [0.1, 0.15) is 181 Å². The fourth-order valence-corrected chi connectivity index (χ4v) is 5.25. The summed E-state index contributed by atoms with van der Waals surface area (Å²) in [6.07, 6.45) is 43.7. The molecule has 1 amide bonds. The van der Waals surface area contributed by atoms with Gasteiger partial charge in [-0.25, -0.2) is 0 Å². The summed E-state index contributed by atoms with van der Waals surface area (Å²) in [5.41, 5.74) is 0. The zero-order valence-corrected chi connectivity index (χ0v) is 28.0. The van der Waals surface area contributed by atoms with E-state index >= 15 is 0 Å². The molecule has 0 aliphatic heterocycles. The Hall–Kier alpha value is -1.39. The maximum absolute atomic E-state index is 12.3. The van der Waals surface area contributed by atoms with Gasteiger partial charge in [-0.2, -0.15) is 0 Å². The predicted molar refractivity (Wildman–Crippen MR) is 184 cm³/mol. The molecule has 0 aromatic heterocycles. The highest BCUT2D eigenvalue weighted by Gasteiger charge is 2.17. The number of hydrogen-bond acceptors (Lipinski definition) is 3. The maximum Gasteiger partial charge on any atom is 0.220 e. The van der Waals surface area contributed by atoms with Crippen LogP contribution in [0, 0.1) is 0 Å². The molecule has 42 heavy (non-hydrogen) atoms. The average Bonchev–Trinajstić information content (AvgIpc) is 2.99. The highest BCUT2D eigenvalue weighted by molar-refractivity contribution is 5.76. The lowest BCUT2D eigenvalue weighted by molar-refractivity contribution is -0.123. The van der Waals surface area contributed by atoms with Gasteiger partial charge in [-0.05, 0) is 57.8 Å². The molecule has 0 spiro atoms. The number of unbranched alkanes of at least 4 members (excludes halogenated alkanes) is 21. The second-order valence-electron chi connectivity index (χ2n) is 12.3. The summed E-state index contributed by atoms with van der Waals surface area (Å²) in [6.45, 7) is 4.26. The molecule has 0 bridgehead atoms. The van der Waals surface area contributed by atoms with Crippen LogP contribution in [0.3, 0.4) is 0 Å². The van der Waals surface area contributed by atoms with Crippen LogP contribution in [-0.4, -0.2) is 34.9 Å². The number of rotatable bonds is 32. The van der Waals surface area contributed by atoms with Gasteiger partial charge in [0.2, 0.25) is 5.91 Å². The van der Waals surface area contributed by atoms with Crippen molar-refractivity contribution in [3.63, 3.8) is 0 Å². The van der Waals surface area contributed by atoms with Crippen molar-refractivity contribution in [1.29, 1.82) is 0 Å². The Morgan fingerprint density at radius 3 is 1.38 bits per heavy atom. The summed E-state index contributed by atoms with van der Waals surface area (Å²) in [4.78, 5) is 12.3. The third-order valence-electron chi connectivity index (χ3n) is 8.10. The van der Waals surface area contributed by atoms with Crippen molar-refractivity contribution < 1.29 is 15.0 Å². The third kappa shape index (κ3) is 30.1. The van der Waals surface area contributed by atoms with Gasteiger partial charge >= 0.3 is 0 Å². The first-order valence-corrected chi connectivity index (χ1v) is 18.2. The minimum Gasteiger partial charge on any atom is -0.394 e. The number of carbonyl (C=O) groups excluding carboxylic acids is 1. The molecule has 0 aromatic rings. The quantitative estimate of drug-likeness (QED) is 0.0540. The molecule has 0 saturated heterocycles. The molecule has 246 valence electrons. The fraction of sp³-hybridized carbons (Fsp3) is 0.816. The summed E-state index contributed by atoms with van der Waals surface area (Å²) >= 11 is 0. The highest BCUT2D eigenvalue weighted by atomic mass is 16.3. The van der Waals surface area contributed by atoms with E-state index in [1.807, 2.05) is 6.08 Å². The zero-order chi connectivity index (χ0) is 30.8. The van der Waals surface area contributed by atoms with Gasteiger partial charge < -0.3 is 15.5 Å². The zero-order valence-electron chi connectivity index (χ0n) is 28.0. The first-order valence-electron chi connectivity index (χ1n) is 18.2. The van der Waals surface area contributed by atoms with Crippen molar-refractivity contribution >= 4 is 5.91 Å². The topological polar surface area (TPSA) is 69.6 Å². The monoisotopic (exact) mass is 590 g/mol. The molecular formula is C38H71NO3. The van der Waals surface area contributed by atoms with Crippen LogP contribution in [0.4, 0.5) is 0 Å². The Morgan fingerprint density at radius 2 is 0.929 bits per heavy atom. The van der Waals surface area contributed by atoms with Crippen molar-refractivity contribution in [3.8, 4) is 0 Å². The van der Waals surface area contributed by atoms with Crippen LogP contribution >= 0.6 is 0 Å². The first-order chi connectivity index (χ1) is 20.7. The Balaban J connectivity index is 3.67. The van der Waals surface area contributed by atoms with Gasteiger partial charge in [-0.3, -0.25) is 4.79 Å². The molecule has 0 unspecified atom stereocenters. The minimum atomic E-state index is -0.860. The van der Waals surface area contributed by atoms with Crippen molar-refractivity contribution in [2.45, 2.75) is 193 Å². The van der Waals surface area contributed by atoms with Crippen molar-refractivity contribution in [1.82, 2.24) is 5.32 Å². The predicted octanol–water partition coefficient (Wildman–Crippen LogP) is 10.7. The van der Waals surface area contributed by atoms with E-state index in [1.54, 1.807) is 6.08 Å². The van der Waals surface area contributed by atoms with Gasteiger partial charge in [0.15, 0.2) is 0 Å². The molecule has 0 saturated carbocycles. The van der Waals surface area contributed by atoms with E-state index in [0.29, 0.717) is 6.42 Å². The number of hydrogen-bond donors (Lipinski definition) is 3. The molecule has 0 heterocycles.